The second-order valence-corrected chi connectivity index (χ2v) is 9.20. The molecule has 5 heteroatoms. The fourth-order valence-corrected chi connectivity index (χ4v) is 3.53. The molecule has 0 amide bonds. The van der Waals surface area contributed by atoms with Gasteiger partial charge in [0.2, 0.25) is 0 Å². The zero-order chi connectivity index (χ0) is 20.1. The van der Waals surface area contributed by atoms with Gasteiger partial charge in [-0.3, -0.25) is 4.79 Å². The standard InChI is InChI=1S/C21H36O5/c1-8-18(23)25-13-15-9-10-17(16(22)11-15)26-19(24)21(7,12-14(2)3)20(4,5)6/h8,14-17,22H,1,9-13H2,2-7H3. The van der Waals surface area contributed by atoms with Gasteiger partial charge in [0, 0.05) is 6.08 Å². The Morgan fingerprint density at radius 1 is 1.23 bits per heavy atom. The number of rotatable bonds is 7. The Morgan fingerprint density at radius 2 is 1.85 bits per heavy atom. The van der Waals surface area contributed by atoms with E-state index in [1.807, 2.05) is 6.92 Å². The first-order valence-corrected chi connectivity index (χ1v) is 9.59. The number of hydrogen-bond acceptors (Lipinski definition) is 5. The van der Waals surface area contributed by atoms with Gasteiger partial charge < -0.3 is 14.6 Å². The predicted molar refractivity (Wildman–Crippen MR) is 101 cm³/mol. The van der Waals surface area contributed by atoms with E-state index in [1.54, 1.807) is 0 Å². The van der Waals surface area contributed by atoms with Crippen molar-refractivity contribution in [3.8, 4) is 0 Å². The molecule has 0 aromatic heterocycles. The molecular weight excluding hydrogens is 332 g/mol. The molecule has 1 aliphatic carbocycles. The van der Waals surface area contributed by atoms with Crippen molar-refractivity contribution in [3.63, 3.8) is 0 Å². The Morgan fingerprint density at radius 3 is 2.31 bits per heavy atom. The number of carbonyl (C=O) groups is 2. The van der Waals surface area contributed by atoms with E-state index in [4.69, 9.17) is 9.47 Å². The highest BCUT2D eigenvalue weighted by atomic mass is 16.6. The molecule has 0 aliphatic heterocycles. The molecule has 4 unspecified atom stereocenters. The molecule has 1 rings (SSSR count). The lowest BCUT2D eigenvalue weighted by molar-refractivity contribution is -0.179. The highest BCUT2D eigenvalue weighted by molar-refractivity contribution is 5.81. The zero-order valence-electron chi connectivity index (χ0n) is 17.2. The van der Waals surface area contributed by atoms with Gasteiger partial charge in [-0.1, -0.05) is 41.2 Å². The summed E-state index contributed by atoms with van der Waals surface area (Å²) >= 11 is 0. The van der Waals surface area contributed by atoms with Crippen molar-refractivity contribution in [1.82, 2.24) is 0 Å². The highest BCUT2D eigenvalue weighted by Crippen LogP contribution is 2.45. The molecule has 5 nitrogen and oxygen atoms in total. The van der Waals surface area contributed by atoms with E-state index in [-0.39, 0.29) is 23.9 Å². The van der Waals surface area contributed by atoms with Crippen LogP contribution >= 0.6 is 0 Å². The normalized spacial score (nSPS) is 26.1. The smallest absolute Gasteiger partial charge is 0.330 e. The zero-order valence-corrected chi connectivity index (χ0v) is 17.2. The number of aliphatic hydroxyl groups excluding tert-OH is 1. The molecule has 1 fully saturated rings. The quantitative estimate of drug-likeness (QED) is 0.545. The lowest BCUT2D eigenvalue weighted by atomic mass is 9.64. The van der Waals surface area contributed by atoms with Crippen molar-refractivity contribution >= 4 is 11.9 Å². The average molecular weight is 369 g/mol. The van der Waals surface area contributed by atoms with Crippen molar-refractivity contribution in [2.75, 3.05) is 6.61 Å². The van der Waals surface area contributed by atoms with Crippen molar-refractivity contribution in [1.29, 1.82) is 0 Å². The van der Waals surface area contributed by atoms with Crippen LogP contribution in [0.25, 0.3) is 0 Å². The maximum atomic E-state index is 13.0. The van der Waals surface area contributed by atoms with Crippen molar-refractivity contribution < 1.29 is 24.2 Å². The van der Waals surface area contributed by atoms with E-state index in [9.17, 15) is 14.7 Å². The largest absolute Gasteiger partial charge is 0.462 e. The Hall–Kier alpha value is -1.36. The van der Waals surface area contributed by atoms with E-state index in [2.05, 4.69) is 41.2 Å². The minimum atomic E-state index is -0.733. The van der Waals surface area contributed by atoms with E-state index in [1.165, 1.54) is 0 Å². The third-order valence-electron chi connectivity index (χ3n) is 5.67. The number of carbonyl (C=O) groups excluding carboxylic acids is 2. The topological polar surface area (TPSA) is 72.8 Å². The lowest BCUT2D eigenvalue weighted by Crippen LogP contribution is -2.47. The van der Waals surface area contributed by atoms with Gasteiger partial charge in [-0.05, 0) is 49.9 Å². The van der Waals surface area contributed by atoms with E-state index in [0.717, 1.165) is 18.9 Å². The Kier molecular flexibility index (Phi) is 7.87. The fraction of sp³-hybridized carbons (Fsp3) is 0.810. The van der Waals surface area contributed by atoms with Crippen LogP contribution in [0.1, 0.15) is 67.2 Å². The van der Waals surface area contributed by atoms with Crippen LogP contribution in [0.2, 0.25) is 0 Å². The summed E-state index contributed by atoms with van der Waals surface area (Å²) in [5, 5.41) is 10.4. The summed E-state index contributed by atoms with van der Waals surface area (Å²) in [5.41, 5.74) is -0.855. The third-order valence-corrected chi connectivity index (χ3v) is 5.67. The Bertz CT molecular complexity index is 505. The summed E-state index contributed by atoms with van der Waals surface area (Å²) in [5.74, 6) is -0.248. The lowest BCUT2D eigenvalue weighted by Gasteiger charge is -2.42. The van der Waals surface area contributed by atoms with Crippen molar-refractivity contribution in [2.24, 2.45) is 22.7 Å². The average Bonchev–Trinajstić information content (AvgIpc) is 2.52. The minimum Gasteiger partial charge on any atom is -0.462 e. The van der Waals surface area contributed by atoms with Crippen LogP contribution in [-0.4, -0.2) is 35.9 Å². The molecule has 150 valence electrons. The molecule has 0 aromatic rings. The van der Waals surface area contributed by atoms with E-state index in [0.29, 0.717) is 18.8 Å². The van der Waals surface area contributed by atoms with E-state index < -0.39 is 23.6 Å². The molecule has 1 N–H and O–H groups in total. The molecule has 1 saturated carbocycles. The maximum absolute atomic E-state index is 13.0. The molecule has 0 bridgehead atoms. The molecule has 4 atom stereocenters. The summed E-state index contributed by atoms with van der Waals surface area (Å²) < 4.78 is 10.8. The molecule has 0 aromatic carbocycles. The molecule has 0 spiro atoms. The van der Waals surface area contributed by atoms with Crippen molar-refractivity contribution in [3.05, 3.63) is 12.7 Å². The second-order valence-electron chi connectivity index (χ2n) is 9.20. The van der Waals surface area contributed by atoms with Crippen LogP contribution in [0.15, 0.2) is 12.7 Å². The molecule has 0 radical (unpaired) electrons. The van der Waals surface area contributed by atoms with Gasteiger partial charge in [-0.2, -0.15) is 0 Å². The minimum absolute atomic E-state index is 0.0773. The first kappa shape index (κ1) is 22.7. The SMILES string of the molecule is C=CC(=O)OCC1CCC(OC(=O)C(C)(CC(C)C)C(C)(C)C)C(O)C1. The van der Waals surface area contributed by atoms with Gasteiger partial charge in [0.05, 0.1) is 18.1 Å². The third kappa shape index (κ3) is 5.83. The Balaban J connectivity index is 2.69. The first-order valence-electron chi connectivity index (χ1n) is 9.59. The van der Waals surface area contributed by atoms with Crippen LogP contribution in [0, 0.1) is 22.7 Å². The van der Waals surface area contributed by atoms with Gasteiger partial charge in [0.25, 0.3) is 0 Å². The highest BCUT2D eigenvalue weighted by Gasteiger charge is 2.47. The molecule has 1 aliphatic rings. The predicted octanol–water partition coefficient (Wildman–Crippen LogP) is 3.89. The van der Waals surface area contributed by atoms with Gasteiger partial charge in [-0.25, -0.2) is 4.79 Å². The van der Waals surface area contributed by atoms with Crippen LogP contribution < -0.4 is 0 Å². The van der Waals surface area contributed by atoms with Gasteiger partial charge in [-0.15, -0.1) is 0 Å². The van der Waals surface area contributed by atoms with E-state index >= 15 is 0 Å². The second kappa shape index (κ2) is 9.03. The first-order chi connectivity index (χ1) is 11.9. The van der Waals surface area contributed by atoms with Crippen LogP contribution in [-0.2, 0) is 19.1 Å². The Labute approximate surface area is 158 Å². The molecule has 0 heterocycles. The molecule has 0 saturated heterocycles. The number of ether oxygens (including phenoxy) is 2. The monoisotopic (exact) mass is 368 g/mol. The summed E-state index contributed by atoms with van der Waals surface area (Å²) in [6, 6.07) is 0. The molecule has 26 heavy (non-hydrogen) atoms. The van der Waals surface area contributed by atoms with Crippen molar-refractivity contribution in [2.45, 2.75) is 79.4 Å². The number of hydrogen-bond donors (Lipinski definition) is 1. The number of aliphatic hydroxyl groups is 1. The molecular formula is C21H36O5. The maximum Gasteiger partial charge on any atom is 0.330 e. The van der Waals surface area contributed by atoms with Crippen LogP contribution in [0.4, 0.5) is 0 Å². The van der Waals surface area contributed by atoms with Gasteiger partial charge >= 0.3 is 11.9 Å². The van der Waals surface area contributed by atoms with Gasteiger partial charge in [0.1, 0.15) is 6.10 Å². The van der Waals surface area contributed by atoms with Crippen LogP contribution in [0.3, 0.4) is 0 Å². The summed E-state index contributed by atoms with van der Waals surface area (Å²) in [6.45, 7) is 15.9. The summed E-state index contributed by atoms with van der Waals surface area (Å²) in [4.78, 5) is 24.1. The number of esters is 2. The van der Waals surface area contributed by atoms with Gasteiger partial charge in [0.15, 0.2) is 0 Å². The fourth-order valence-electron chi connectivity index (χ4n) is 3.53. The summed E-state index contributed by atoms with van der Waals surface area (Å²) in [7, 11) is 0. The summed E-state index contributed by atoms with van der Waals surface area (Å²) in [6.07, 6.45) is 2.41. The van der Waals surface area contributed by atoms with Crippen LogP contribution in [0.5, 0.6) is 0 Å².